The van der Waals surface area contributed by atoms with Crippen LogP contribution in [0.1, 0.15) is 34.2 Å². The average Bonchev–Trinajstić information content (AvgIpc) is 2.73. The van der Waals surface area contributed by atoms with E-state index in [1.54, 1.807) is 11.8 Å². The van der Waals surface area contributed by atoms with Crippen LogP contribution in [0.5, 0.6) is 0 Å². The number of nitrogens with zero attached hydrogens (tertiary/aromatic N) is 1. The lowest BCUT2D eigenvalue weighted by Crippen LogP contribution is -2.27. The van der Waals surface area contributed by atoms with E-state index in [1.165, 1.54) is 17.7 Å². The second kappa shape index (κ2) is 10.1. The number of carboxylic acid groups (broad SMARTS) is 1. The summed E-state index contributed by atoms with van der Waals surface area (Å²) in [6, 6.07) is 20.8. The summed E-state index contributed by atoms with van der Waals surface area (Å²) in [7, 11) is 0. The number of hydrogen-bond acceptors (Lipinski definition) is 2. The molecule has 0 unspecified atom stereocenters. The summed E-state index contributed by atoms with van der Waals surface area (Å²) in [5.74, 6) is -2.13. The average molecular weight is 409 g/mol. The molecule has 0 atom stereocenters. The Balaban J connectivity index is 1.79. The molecule has 3 aromatic rings. The van der Waals surface area contributed by atoms with Crippen LogP contribution in [0.2, 0.25) is 0 Å². The SMILES string of the molecule is Cc1ccc(F)c(CN(CCC(=O)O)Cc2cccc(Cc3ccccc3)c2)c1F. The topological polar surface area (TPSA) is 40.5 Å². The first-order chi connectivity index (χ1) is 14.4. The number of hydrogen-bond donors (Lipinski definition) is 1. The van der Waals surface area contributed by atoms with E-state index in [4.69, 9.17) is 5.11 Å². The summed E-state index contributed by atoms with van der Waals surface area (Å²) < 4.78 is 28.7. The summed E-state index contributed by atoms with van der Waals surface area (Å²) >= 11 is 0. The minimum Gasteiger partial charge on any atom is -0.481 e. The highest BCUT2D eigenvalue weighted by atomic mass is 19.1. The van der Waals surface area contributed by atoms with Crippen LogP contribution in [-0.2, 0) is 24.3 Å². The molecule has 0 saturated heterocycles. The van der Waals surface area contributed by atoms with Crippen LogP contribution in [0.15, 0.2) is 66.7 Å². The molecule has 0 aliphatic carbocycles. The fraction of sp³-hybridized carbons (Fsp3) is 0.240. The molecule has 0 bridgehead atoms. The zero-order valence-corrected chi connectivity index (χ0v) is 16.9. The molecule has 3 nitrogen and oxygen atoms in total. The molecule has 156 valence electrons. The van der Waals surface area contributed by atoms with Crippen molar-refractivity contribution < 1.29 is 18.7 Å². The van der Waals surface area contributed by atoms with Crippen molar-refractivity contribution in [1.82, 2.24) is 4.90 Å². The molecule has 30 heavy (non-hydrogen) atoms. The predicted molar refractivity (Wildman–Crippen MR) is 113 cm³/mol. The van der Waals surface area contributed by atoms with E-state index in [-0.39, 0.29) is 25.1 Å². The van der Waals surface area contributed by atoms with Crippen molar-refractivity contribution >= 4 is 5.97 Å². The summed E-state index contributed by atoms with van der Waals surface area (Å²) in [5.41, 5.74) is 3.64. The van der Waals surface area contributed by atoms with E-state index in [1.807, 2.05) is 36.4 Å². The van der Waals surface area contributed by atoms with Gasteiger partial charge in [-0.3, -0.25) is 9.69 Å². The second-order valence-electron chi connectivity index (χ2n) is 7.49. The number of rotatable bonds is 9. The van der Waals surface area contributed by atoms with Gasteiger partial charge in [0.1, 0.15) is 11.6 Å². The number of halogens is 2. The molecule has 0 radical (unpaired) electrons. The van der Waals surface area contributed by atoms with Crippen molar-refractivity contribution in [3.8, 4) is 0 Å². The maximum absolute atomic E-state index is 14.5. The Kier molecular flexibility index (Phi) is 7.31. The van der Waals surface area contributed by atoms with Crippen LogP contribution in [-0.4, -0.2) is 22.5 Å². The van der Waals surface area contributed by atoms with Crippen LogP contribution >= 0.6 is 0 Å². The van der Waals surface area contributed by atoms with Crippen molar-refractivity contribution in [2.45, 2.75) is 32.9 Å². The zero-order valence-electron chi connectivity index (χ0n) is 16.9. The van der Waals surface area contributed by atoms with Crippen molar-refractivity contribution in [1.29, 1.82) is 0 Å². The monoisotopic (exact) mass is 409 g/mol. The molecule has 3 rings (SSSR count). The highest BCUT2D eigenvalue weighted by molar-refractivity contribution is 5.66. The Morgan fingerprint density at radius 3 is 2.33 bits per heavy atom. The number of carboxylic acids is 1. The van der Waals surface area contributed by atoms with Gasteiger partial charge in [0.25, 0.3) is 0 Å². The van der Waals surface area contributed by atoms with Gasteiger partial charge >= 0.3 is 5.97 Å². The Morgan fingerprint density at radius 1 is 0.900 bits per heavy atom. The van der Waals surface area contributed by atoms with Crippen LogP contribution in [0.3, 0.4) is 0 Å². The Labute approximate surface area is 175 Å². The van der Waals surface area contributed by atoms with Crippen LogP contribution < -0.4 is 0 Å². The highest BCUT2D eigenvalue weighted by Crippen LogP contribution is 2.20. The fourth-order valence-electron chi connectivity index (χ4n) is 3.48. The van der Waals surface area contributed by atoms with Gasteiger partial charge in [-0.1, -0.05) is 60.7 Å². The molecule has 3 aromatic carbocycles. The van der Waals surface area contributed by atoms with Gasteiger partial charge in [-0.05, 0) is 41.7 Å². The molecule has 0 aliphatic heterocycles. The van der Waals surface area contributed by atoms with Crippen molar-refractivity contribution in [2.75, 3.05) is 6.54 Å². The second-order valence-corrected chi connectivity index (χ2v) is 7.49. The summed E-state index contributed by atoms with van der Waals surface area (Å²) in [6.45, 7) is 2.20. The molecule has 0 heterocycles. The molecule has 0 spiro atoms. The minimum atomic E-state index is -0.942. The first-order valence-corrected chi connectivity index (χ1v) is 9.91. The quantitative estimate of drug-likeness (QED) is 0.519. The van der Waals surface area contributed by atoms with Crippen LogP contribution in [0.25, 0.3) is 0 Å². The van der Waals surface area contributed by atoms with E-state index >= 15 is 0 Å². The van der Waals surface area contributed by atoms with Crippen molar-refractivity contribution in [2.24, 2.45) is 0 Å². The standard InChI is InChI=1S/C25H25F2NO2/c1-18-10-11-23(26)22(25(18)27)17-28(13-12-24(29)30)16-21-9-5-8-20(15-21)14-19-6-3-2-4-7-19/h2-11,15H,12-14,16-17H2,1H3,(H,29,30). The van der Waals surface area contributed by atoms with Gasteiger partial charge in [0.2, 0.25) is 0 Å². The molecule has 0 saturated carbocycles. The van der Waals surface area contributed by atoms with Gasteiger partial charge in [-0.2, -0.15) is 0 Å². The summed E-state index contributed by atoms with van der Waals surface area (Å²) in [5, 5.41) is 9.08. The summed E-state index contributed by atoms with van der Waals surface area (Å²) in [6.07, 6.45) is 0.684. The Morgan fingerprint density at radius 2 is 1.60 bits per heavy atom. The Bertz CT molecular complexity index is 1010. The van der Waals surface area contributed by atoms with Gasteiger partial charge < -0.3 is 5.11 Å². The van der Waals surface area contributed by atoms with Crippen molar-refractivity contribution in [3.63, 3.8) is 0 Å². The van der Waals surface area contributed by atoms with E-state index in [0.717, 1.165) is 17.5 Å². The lowest BCUT2D eigenvalue weighted by Gasteiger charge is -2.23. The molecule has 0 aliphatic rings. The van der Waals surface area contributed by atoms with E-state index in [2.05, 4.69) is 18.2 Å². The zero-order chi connectivity index (χ0) is 21.5. The predicted octanol–water partition coefficient (Wildman–Crippen LogP) is 5.34. The molecular weight excluding hydrogens is 384 g/mol. The number of benzene rings is 3. The van der Waals surface area contributed by atoms with Crippen LogP contribution in [0.4, 0.5) is 8.78 Å². The maximum Gasteiger partial charge on any atom is 0.304 e. The first-order valence-electron chi connectivity index (χ1n) is 9.91. The minimum absolute atomic E-state index is 0.00946. The normalized spacial score (nSPS) is 11.1. The molecule has 0 fully saturated rings. The van der Waals surface area contributed by atoms with Gasteiger partial charge in [-0.15, -0.1) is 0 Å². The smallest absolute Gasteiger partial charge is 0.304 e. The first kappa shape index (κ1) is 21.7. The number of aliphatic carboxylic acids is 1. The molecule has 5 heteroatoms. The number of carbonyl (C=O) groups is 1. The maximum atomic E-state index is 14.5. The van der Waals surface area contributed by atoms with Gasteiger partial charge in [-0.25, -0.2) is 8.78 Å². The third-order valence-electron chi connectivity index (χ3n) is 5.05. The van der Waals surface area contributed by atoms with Crippen molar-refractivity contribution in [3.05, 3.63) is 106 Å². The third kappa shape index (κ3) is 5.97. The number of aryl methyl sites for hydroxylation is 1. The molecular formula is C25H25F2NO2. The largest absolute Gasteiger partial charge is 0.481 e. The highest BCUT2D eigenvalue weighted by Gasteiger charge is 2.17. The van der Waals surface area contributed by atoms with Gasteiger partial charge in [0.15, 0.2) is 0 Å². The molecule has 0 amide bonds. The third-order valence-corrected chi connectivity index (χ3v) is 5.05. The molecule has 1 N–H and O–H groups in total. The lowest BCUT2D eigenvalue weighted by atomic mass is 10.0. The Hall–Kier alpha value is -3.05. The van der Waals surface area contributed by atoms with Crippen LogP contribution in [0, 0.1) is 18.6 Å². The fourth-order valence-corrected chi connectivity index (χ4v) is 3.48. The van der Waals surface area contributed by atoms with E-state index < -0.39 is 17.6 Å². The van der Waals surface area contributed by atoms with E-state index in [0.29, 0.717) is 12.1 Å². The summed E-state index contributed by atoms with van der Waals surface area (Å²) in [4.78, 5) is 12.9. The lowest BCUT2D eigenvalue weighted by molar-refractivity contribution is -0.137. The molecule has 0 aromatic heterocycles. The van der Waals surface area contributed by atoms with Gasteiger partial charge in [0, 0.05) is 25.2 Å². The van der Waals surface area contributed by atoms with Gasteiger partial charge in [0.05, 0.1) is 6.42 Å². The van der Waals surface area contributed by atoms with E-state index in [9.17, 15) is 13.6 Å².